The van der Waals surface area contributed by atoms with E-state index in [0.29, 0.717) is 0 Å². The molecule has 1 aromatic carbocycles. The predicted octanol–water partition coefficient (Wildman–Crippen LogP) is 2.02. The third-order valence-corrected chi connectivity index (χ3v) is 3.23. The second-order valence-corrected chi connectivity index (χ2v) is 4.61. The van der Waals surface area contributed by atoms with Crippen molar-refractivity contribution in [3.05, 3.63) is 40.3 Å². The molecule has 2 aromatic rings. The highest BCUT2D eigenvalue weighted by molar-refractivity contribution is 7.09. The monoisotopic (exact) mass is 249 g/mol. The van der Waals surface area contributed by atoms with E-state index in [4.69, 9.17) is 10.5 Å². The van der Waals surface area contributed by atoms with Gasteiger partial charge in [0, 0.05) is 35.9 Å². The molecule has 0 unspecified atom stereocenters. The van der Waals surface area contributed by atoms with Gasteiger partial charge < -0.3 is 15.8 Å². The number of ether oxygens (including phenoxy) is 1. The zero-order valence-corrected chi connectivity index (χ0v) is 10.5. The van der Waals surface area contributed by atoms with Crippen LogP contribution in [0.4, 0.5) is 5.69 Å². The Labute approximate surface area is 104 Å². The summed E-state index contributed by atoms with van der Waals surface area (Å²) < 4.78 is 5.11. The van der Waals surface area contributed by atoms with Crippen molar-refractivity contribution in [2.45, 2.75) is 13.1 Å². The molecule has 1 aromatic heterocycles. The number of methoxy groups -OCH3 is 1. The van der Waals surface area contributed by atoms with Crippen molar-refractivity contribution in [3.8, 4) is 5.75 Å². The number of rotatable bonds is 5. The molecule has 0 aliphatic carbocycles. The maximum Gasteiger partial charge on any atom is 0.120 e. The lowest BCUT2D eigenvalue weighted by Gasteiger charge is -2.08. The number of anilines is 1. The number of nitrogens with one attached hydrogen (secondary N) is 1. The Morgan fingerprint density at radius 3 is 2.94 bits per heavy atom. The molecule has 0 saturated heterocycles. The second kappa shape index (κ2) is 5.65. The summed E-state index contributed by atoms with van der Waals surface area (Å²) in [6, 6.07) is 5.73. The molecular weight excluding hydrogens is 234 g/mol. The lowest BCUT2D eigenvalue weighted by molar-refractivity contribution is 0.415. The third-order valence-electron chi connectivity index (χ3n) is 2.45. The van der Waals surface area contributed by atoms with Gasteiger partial charge in [0.1, 0.15) is 5.75 Å². The standard InChI is InChI=1S/C12H15N3OS/c1-16-10-3-2-9(12(13)4-10)5-14-6-11-7-15-8-17-11/h2-4,7-8,14H,5-6,13H2,1H3. The van der Waals surface area contributed by atoms with E-state index in [0.717, 1.165) is 30.1 Å². The van der Waals surface area contributed by atoms with Gasteiger partial charge in [-0.2, -0.15) is 0 Å². The summed E-state index contributed by atoms with van der Waals surface area (Å²) in [7, 11) is 1.64. The normalized spacial score (nSPS) is 10.4. The second-order valence-electron chi connectivity index (χ2n) is 3.64. The van der Waals surface area contributed by atoms with Crippen LogP contribution in [-0.4, -0.2) is 12.1 Å². The van der Waals surface area contributed by atoms with Gasteiger partial charge in [-0.15, -0.1) is 11.3 Å². The van der Waals surface area contributed by atoms with E-state index in [1.54, 1.807) is 18.4 Å². The summed E-state index contributed by atoms with van der Waals surface area (Å²) in [6.07, 6.45) is 1.87. The zero-order valence-electron chi connectivity index (χ0n) is 9.64. The Morgan fingerprint density at radius 1 is 1.41 bits per heavy atom. The van der Waals surface area contributed by atoms with Crippen molar-refractivity contribution < 1.29 is 4.74 Å². The molecule has 5 heteroatoms. The van der Waals surface area contributed by atoms with Crippen molar-refractivity contribution >= 4 is 17.0 Å². The minimum atomic E-state index is 0.744. The Bertz CT molecular complexity index is 471. The van der Waals surface area contributed by atoms with Crippen molar-refractivity contribution in [1.29, 1.82) is 0 Å². The van der Waals surface area contributed by atoms with E-state index in [2.05, 4.69) is 10.3 Å². The van der Waals surface area contributed by atoms with Crippen LogP contribution < -0.4 is 15.8 Å². The summed E-state index contributed by atoms with van der Waals surface area (Å²) in [4.78, 5) is 5.24. The van der Waals surface area contributed by atoms with Crippen molar-refractivity contribution in [3.63, 3.8) is 0 Å². The molecule has 0 bridgehead atoms. The first-order valence-corrected chi connectivity index (χ1v) is 6.18. The van der Waals surface area contributed by atoms with E-state index in [9.17, 15) is 0 Å². The van der Waals surface area contributed by atoms with Crippen molar-refractivity contribution in [1.82, 2.24) is 10.3 Å². The molecular formula is C12H15N3OS. The molecule has 3 N–H and O–H groups in total. The minimum absolute atomic E-state index is 0.744. The van der Waals surface area contributed by atoms with E-state index in [1.165, 1.54) is 4.88 Å². The van der Waals surface area contributed by atoms with E-state index in [-0.39, 0.29) is 0 Å². The van der Waals surface area contributed by atoms with E-state index in [1.807, 2.05) is 29.9 Å². The first-order valence-electron chi connectivity index (χ1n) is 5.30. The summed E-state index contributed by atoms with van der Waals surface area (Å²) >= 11 is 1.64. The highest BCUT2D eigenvalue weighted by Crippen LogP contribution is 2.19. The fraction of sp³-hybridized carbons (Fsp3) is 0.250. The highest BCUT2D eigenvalue weighted by Gasteiger charge is 2.01. The van der Waals surface area contributed by atoms with E-state index >= 15 is 0 Å². The van der Waals surface area contributed by atoms with Crippen LogP contribution in [0.5, 0.6) is 5.75 Å². The average molecular weight is 249 g/mol. The minimum Gasteiger partial charge on any atom is -0.497 e. The molecule has 0 saturated carbocycles. The smallest absolute Gasteiger partial charge is 0.120 e. The van der Waals surface area contributed by atoms with E-state index < -0.39 is 0 Å². The Kier molecular flexibility index (Phi) is 3.95. The molecule has 0 aliphatic rings. The van der Waals surface area contributed by atoms with Crippen LogP contribution in [0, 0.1) is 0 Å². The lowest BCUT2D eigenvalue weighted by Crippen LogP contribution is -2.13. The van der Waals surface area contributed by atoms with Gasteiger partial charge in [0.25, 0.3) is 0 Å². The van der Waals surface area contributed by atoms with Gasteiger partial charge in [-0.1, -0.05) is 6.07 Å². The highest BCUT2D eigenvalue weighted by atomic mass is 32.1. The first-order chi connectivity index (χ1) is 8.29. The Balaban J connectivity index is 1.90. The van der Waals surface area contributed by atoms with Crippen LogP contribution in [-0.2, 0) is 13.1 Å². The summed E-state index contributed by atoms with van der Waals surface area (Å²) in [6.45, 7) is 1.56. The predicted molar refractivity (Wildman–Crippen MR) is 70.1 cm³/mol. The maximum atomic E-state index is 5.93. The molecule has 0 fully saturated rings. The Morgan fingerprint density at radius 2 is 2.29 bits per heavy atom. The van der Waals surface area contributed by atoms with Gasteiger partial charge in [0.2, 0.25) is 0 Å². The summed E-state index contributed by atoms with van der Waals surface area (Å²) in [5.41, 5.74) is 9.59. The number of aromatic nitrogens is 1. The third kappa shape index (κ3) is 3.18. The number of hydrogen-bond donors (Lipinski definition) is 2. The molecule has 0 aliphatic heterocycles. The molecule has 4 nitrogen and oxygen atoms in total. The van der Waals surface area contributed by atoms with Crippen LogP contribution in [0.25, 0.3) is 0 Å². The van der Waals surface area contributed by atoms with Crippen LogP contribution in [0.1, 0.15) is 10.4 Å². The largest absolute Gasteiger partial charge is 0.497 e. The van der Waals surface area contributed by atoms with Gasteiger partial charge in [-0.3, -0.25) is 4.98 Å². The number of thiazole rings is 1. The van der Waals surface area contributed by atoms with Crippen molar-refractivity contribution in [2.75, 3.05) is 12.8 Å². The SMILES string of the molecule is COc1ccc(CNCc2cncs2)c(N)c1. The molecule has 17 heavy (non-hydrogen) atoms. The van der Waals surface area contributed by atoms with Crippen LogP contribution in [0.15, 0.2) is 29.9 Å². The van der Waals surface area contributed by atoms with Gasteiger partial charge in [-0.25, -0.2) is 0 Å². The number of nitrogens with two attached hydrogens (primary N) is 1. The molecule has 0 spiro atoms. The van der Waals surface area contributed by atoms with Gasteiger partial charge in [-0.05, 0) is 11.6 Å². The molecule has 0 radical (unpaired) electrons. The molecule has 0 atom stereocenters. The van der Waals surface area contributed by atoms with Gasteiger partial charge in [0.05, 0.1) is 12.6 Å². The molecule has 0 amide bonds. The number of benzene rings is 1. The van der Waals surface area contributed by atoms with Crippen LogP contribution in [0.3, 0.4) is 0 Å². The fourth-order valence-corrected chi connectivity index (χ4v) is 2.07. The quantitative estimate of drug-likeness (QED) is 0.796. The Hall–Kier alpha value is -1.59. The van der Waals surface area contributed by atoms with Gasteiger partial charge >= 0.3 is 0 Å². The molecule has 90 valence electrons. The number of nitrogen functional groups attached to an aromatic ring is 1. The topological polar surface area (TPSA) is 60.2 Å². The first kappa shape index (κ1) is 11.9. The van der Waals surface area contributed by atoms with Crippen LogP contribution >= 0.6 is 11.3 Å². The fourth-order valence-electron chi connectivity index (χ4n) is 1.51. The lowest BCUT2D eigenvalue weighted by atomic mass is 10.1. The average Bonchev–Trinajstić information content (AvgIpc) is 2.84. The number of nitrogens with zero attached hydrogens (tertiary/aromatic N) is 1. The van der Waals surface area contributed by atoms with Crippen LogP contribution in [0.2, 0.25) is 0 Å². The molecule has 1 heterocycles. The summed E-state index contributed by atoms with van der Waals surface area (Å²) in [5.74, 6) is 0.786. The summed E-state index contributed by atoms with van der Waals surface area (Å²) in [5, 5.41) is 3.33. The molecule has 2 rings (SSSR count). The zero-order chi connectivity index (χ0) is 12.1. The van der Waals surface area contributed by atoms with Gasteiger partial charge in [0.15, 0.2) is 0 Å². The maximum absolute atomic E-state index is 5.93. The number of hydrogen-bond acceptors (Lipinski definition) is 5. The van der Waals surface area contributed by atoms with Crippen molar-refractivity contribution in [2.24, 2.45) is 0 Å².